The molecular weight excluding hydrogens is 194 g/mol. The first-order chi connectivity index (χ1) is 6.94. The maximum absolute atomic E-state index is 11.4. The van der Waals surface area contributed by atoms with Gasteiger partial charge in [0.25, 0.3) is 0 Å². The molecule has 0 aliphatic carbocycles. The van der Waals surface area contributed by atoms with Crippen LogP contribution in [-0.2, 0) is 9.59 Å². The van der Waals surface area contributed by atoms with E-state index in [0.717, 1.165) is 0 Å². The van der Waals surface area contributed by atoms with Crippen LogP contribution < -0.4 is 16.4 Å². The Labute approximate surface area is 90.8 Å². The van der Waals surface area contributed by atoms with Crippen molar-refractivity contribution in [1.29, 1.82) is 0 Å². The average molecular weight is 215 g/mol. The van der Waals surface area contributed by atoms with Crippen molar-refractivity contribution >= 4 is 11.8 Å². The molecule has 0 radical (unpaired) electrons. The van der Waals surface area contributed by atoms with E-state index in [1.807, 2.05) is 0 Å². The van der Waals surface area contributed by atoms with E-state index < -0.39 is 5.41 Å². The first-order valence-corrected chi connectivity index (χ1v) is 5.13. The van der Waals surface area contributed by atoms with Crippen LogP contribution in [-0.4, -0.2) is 32.0 Å². The minimum atomic E-state index is -0.576. The predicted molar refractivity (Wildman–Crippen MR) is 59.1 cm³/mol. The van der Waals surface area contributed by atoms with Crippen molar-refractivity contribution in [1.82, 2.24) is 10.6 Å². The van der Waals surface area contributed by atoms with E-state index in [1.165, 1.54) is 0 Å². The van der Waals surface area contributed by atoms with Crippen molar-refractivity contribution in [2.45, 2.75) is 26.7 Å². The molecule has 0 aromatic heterocycles. The minimum Gasteiger partial charge on any atom is -0.359 e. The third-order valence-corrected chi connectivity index (χ3v) is 2.18. The molecule has 15 heavy (non-hydrogen) atoms. The Morgan fingerprint density at radius 3 is 2.40 bits per heavy atom. The monoisotopic (exact) mass is 215 g/mol. The number of nitrogens with two attached hydrogens (primary N) is 1. The second kappa shape index (κ2) is 6.40. The molecule has 0 fully saturated rings. The van der Waals surface area contributed by atoms with E-state index in [9.17, 15) is 9.59 Å². The quantitative estimate of drug-likeness (QED) is 0.564. The smallest absolute Gasteiger partial charge is 0.227 e. The summed E-state index contributed by atoms with van der Waals surface area (Å²) in [6.45, 7) is 4.42. The van der Waals surface area contributed by atoms with Gasteiger partial charge in [0, 0.05) is 20.0 Å². The van der Waals surface area contributed by atoms with E-state index in [1.54, 1.807) is 20.9 Å². The standard InChI is InChI=1S/C10H21N3O2/c1-10(2,9(15)12-3)7-13-8(14)5-4-6-11/h4-7,11H2,1-3H3,(H,12,15)(H,13,14). The minimum absolute atomic E-state index is 0.0579. The molecule has 5 heteroatoms. The van der Waals surface area contributed by atoms with Crippen LogP contribution in [0.1, 0.15) is 26.7 Å². The van der Waals surface area contributed by atoms with Gasteiger partial charge >= 0.3 is 0 Å². The topological polar surface area (TPSA) is 84.2 Å². The number of nitrogens with one attached hydrogen (secondary N) is 2. The molecule has 0 spiro atoms. The summed E-state index contributed by atoms with van der Waals surface area (Å²) in [5.74, 6) is -0.140. The van der Waals surface area contributed by atoms with Crippen LogP contribution in [0.3, 0.4) is 0 Å². The number of hydrogen-bond acceptors (Lipinski definition) is 3. The first-order valence-electron chi connectivity index (χ1n) is 5.13. The molecule has 2 amide bonds. The largest absolute Gasteiger partial charge is 0.359 e. The third-order valence-electron chi connectivity index (χ3n) is 2.18. The number of amides is 2. The van der Waals surface area contributed by atoms with Gasteiger partial charge in [0.2, 0.25) is 11.8 Å². The van der Waals surface area contributed by atoms with Gasteiger partial charge in [0.15, 0.2) is 0 Å². The second-order valence-corrected chi connectivity index (χ2v) is 4.13. The highest BCUT2D eigenvalue weighted by atomic mass is 16.2. The molecule has 0 aromatic rings. The van der Waals surface area contributed by atoms with Crippen molar-refractivity contribution < 1.29 is 9.59 Å². The summed E-state index contributed by atoms with van der Waals surface area (Å²) >= 11 is 0. The maximum atomic E-state index is 11.4. The summed E-state index contributed by atoms with van der Waals surface area (Å²) in [7, 11) is 1.58. The number of rotatable bonds is 6. The van der Waals surface area contributed by atoms with Crippen LogP contribution in [0.5, 0.6) is 0 Å². The van der Waals surface area contributed by atoms with Crippen LogP contribution in [0.2, 0.25) is 0 Å². The average Bonchev–Trinajstić information content (AvgIpc) is 2.22. The highest BCUT2D eigenvalue weighted by Crippen LogP contribution is 2.13. The molecule has 0 saturated carbocycles. The van der Waals surface area contributed by atoms with E-state index >= 15 is 0 Å². The van der Waals surface area contributed by atoms with Crippen molar-refractivity contribution in [3.63, 3.8) is 0 Å². The SMILES string of the molecule is CNC(=O)C(C)(C)CNC(=O)CCCN. The van der Waals surface area contributed by atoms with Crippen molar-refractivity contribution in [2.75, 3.05) is 20.1 Å². The zero-order valence-electron chi connectivity index (χ0n) is 9.72. The maximum Gasteiger partial charge on any atom is 0.227 e. The summed E-state index contributed by atoms with van der Waals surface area (Å²) in [6, 6.07) is 0. The third kappa shape index (κ3) is 5.37. The second-order valence-electron chi connectivity index (χ2n) is 4.13. The van der Waals surface area contributed by atoms with E-state index in [4.69, 9.17) is 5.73 Å². The lowest BCUT2D eigenvalue weighted by molar-refractivity contribution is -0.129. The van der Waals surface area contributed by atoms with Crippen LogP contribution in [0.4, 0.5) is 0 Å². The Morgan fingerprint density at radius 1 is 1.33 bits per heavy atom. The molecule has 0 aliphatic heterocycles. The highest BCUT2D eigenvalue weighted by Gasteiger charge is 2.26. The fourth-order valence-electron chi connectivity index (χ4n) is 1.09. The van der Waals surface area contributed by atoms with Crippen LogP contribution >= 0.6 is 0 Å². The Hall–Kier alpha value is -1.10. The Kier molecular flexibility index (Phi) is 5.93. The Balaban J connectivity index is 3.92. The molecule has 0 heterocycles. The highest BCUT2D eigenvalue weighted by molar-refractivity contribution is 5.83. The first kappa shape index (κ1) is 13.9. The van der Waals surface area contributed by atoms with Crippen molar-refractivity contribution in [3.8, 4) is 0 Å². The number of carbonyl (C=O) groups is 2. The van der Waals surface area contributed by atoms with Gasteiger partial charge in [-0.3, -0.25) is 9.59 Å². The number of hydrogen-bond donors (Lipinski definition) is 3. The Morgan fingerprint density at radius 2 is 1.93 bits per heavy atom. The van der Waals surface area contributed by atoms with Gasteiger partial charge in [0.1, 0.15) is 0 Å². The zero-order valence-corrected chi connectivity index (χ0v) is 9.72. The van der Waals surface area contributed by atoms with Gasteiger partial charge in [-0.25, -0.2) is 0 Å². The van der Waals surface area contributed by atoms with Gasteiger partial charge in [-0.2, -0.15) is 0 Å². The lowest BCUT2D eigenvalue weighted by Gasteiger charge is -2.22. The molecule has 0 atom stereocenters. The van der Waals surface area contributed by atoms with Crippen LogP contribution in [0, 0.1) is 5.41 Å². The molecule has 0 unspecified atom stereocenters. The number of carbonyl (C=O) groups excluding carboxylic acids is 2. The predicted octanol–water partition coefficient (Wildman–Crippen LogP) is -0.386. The molecule has 0 bridgehead atoms. The fourth-order valence-corrected chi connectivity index (χ4v) is 1.09. The van der Waals surface area contributed by atoms with Gasteiger partial charge in [0.05, 0.1) is 5.41 Å². The van der Waals surface area contributed by atoms with Gasteiger partial charge in [-0.1, -0.05) is 0 Å². The van der Waals surface area contributed by atoms with Gasteiger partial charge in [-0.05, 0) is 26.8 Å². The van der Waals surface area contributed by atoms with E-state index in [2.05, 4.69) is 10.6 Å². The summed E-state index contributed by atoms with van der Waals surface area (Å²) in [5.41, 5.74) is 4.71. The summed E-state index contributed by atoms with van der Waals surface area (Å²) < 4.78 is 0. The molecule has 88 valence electrons. The molecule has 0 aliphatic rings. The van der Waals surface area contributed by atoms with E-state index in [0.29, 0.717) is 25.9 Å². The molecule has 0 aromatic carbocycles. The fraction of sp³-hybridized carbons (Fsp3) is 0.800. The van der Waals surface area contributed by atoms with Gasteiger partial charge < -0.3 is 16.4 Å². The van der Waals surface area contributed by atoms with Crippen molar-refractivity contribution in [2.24, 2.45) is 11.1 Å². The van der Waals surface area contributed by atoms with Crippen LogP contribution in [0.15, 0.2) is 0 Å². The lowest BCUT2D eigenvalue weighted by Crippen LogP contribution is -2.43. The molecule has 0 rings (SSSR count). The summed E-state index contributed by atoms with van der Waals surface area (Å²) in [5, 5.41) is 5.28. The van der Waals surface area contributed by atoms with Crippen molar-refractivity contribution in [3.05, 3.63) is 0 Å². The summed E-state index contributed by atoms with van der Waals surface area (Å²) in [6.07, 6.45) is 1.09. The zero-order chi connectivity index (χ0) is 11.9. The van der Waals surface area contributed by atoms with E-state index in [-0.39, 0.29) is 11.8 Å². The normalized spacial score (nSPS) is 10.9. The Bertz CT molecular complexity index is 227. The lowest BCUT2D eigenvalue weighted by atomic mass is 9.92. The molecule has 4 N–H and O–H groups in total. The van der Waals surface area contributed by atoms with Crippen LogP contribution in [0.25, 0.3) is 0 Å². The molecule has 0 saturated heterocycles. The molecular formula is C10H21N3O2. The molecule has 5 nitrogen and oxygen atoms in total. The summed E-state index contributed by atoms with van der Waals surface area (Å²) in [4.78, 5) is 22.6. The van der Waals surface area contributed by atoms with Gasteiger partial charge in [-0.15, -0.1) is 0 Å².